The molecule has 0 fully saturated rings. The fourth-order valence-corrected chi connectivity index (χ4v) is 2.97. The smallest absolute Gasteiger partial charge is 0.240 e. The molecule has 0 aliphatic carbocycles. The molecule has 2 aromatic carbocycles. The van der Waals surface area contributed by atoms with Gasteiger partial charge in [-0.2, -0.15) is 0 Å². The first-order valence-electron chi connectivity index (χ1n) is 7.98. The van der Waals surface area contributed by atoms with E-state index in [4.69, 9.17) is 14.9 Å². The number of fused-ring (bicyclic) bond motifs is 2. The Kier molecular flexibility index (Phi) is 3.85. The lowest BCUT2D eigenvalue weighted by atomic mass is 10.1. The highest BCUT2D eigenvalue weighted by Crippen LogP contribution is 2.32. The number of hydrogen-bond acceptors (Lipinski definition) is 4. The van der Waals surface area contributed by atoms with Crippen molar-refractivity contribution in [1.82, 2.24) is 9.88 Å². The quantitative estimate of drug-likeness (QED) is 0.704. The molecule has 0 saturated carbocycles. The van der Waals surface area contributed by atoms with Crippen LogP contribution in [0.2, 0.25) is 0 Å². The van der Waals surface area contributed by atoms with Crippen molar-refractivity contribution < 1.29 is 14.3 Å². The Hall–Kier alpha value is -3.28. The van der Waals surface area contributed by atoms with Crippen LogP contribution in [0.5, 0.6) is 11.5 Å². The Morgan fingerprint density at radius 3 is 2.96 bits per heavy atom. The SMILES string of the molecule is N=Cc1cccc2c1ccn2CC(=O)NCc1ccc2c(c1)OCO2. The summed E-state index contributed by atoms with van der Waals surface area (Å²) in [6.07, 6.45) is 3.20. The number of aromatic nitrogens is 1. The second kappa shape index (κ2) is 6.32. The third-order valence-corrected chi connectivity index (χ3v) is 4.24. The first kappa shape index (κ1) is 15.3. The summed E-state index contributed by atoms with van der Waals surface area (Å²) in [7, 11) is 0. The normalized spacial score (nSPS) is 12.3. The molecule has 1 amide bonds. The van der Waals surface area contributed by atoms with Crippen molar-refractivity contribution >= 4 is 23.0 Å². The Balaban J connectivity index is 1.43. The molecular weight excluding hydrogens is 318 g/mol. The predicted molar refractivity (Wildman–Crippen MR) is 94.2 cm³/mol. The molecule has 0 radical (unpaired) electrons. The molecule has 0 spiro atoms. The van der Waals surface area contributed by atoms with Gasteiger partial charge in [-0.25, -0.2) is 0 Å². The van der Waals surface area contributed by atoms with E-state index in [1.807, 2.05) is 53.2 Å². The molecule has 6 nitrogen and oxygen atoms in total. The maximum Gasteiger partial charge on any atom is 0.240 e. The second-order valence-electron chi connectivity index (χ2n) is 5.83. The average molecular weight is 335 g/mol. The lowest BCUT2D eigenvalue weighted by Crippen LogP contribution is -2.26. The van der Waals surface area contributed by atoms with Gasteiger partial charge >= 0.3 is 0 Å². The summed E-state index contributed by atoms with van der Waals surface area (Å²) in [5, 5.41) is 11.4. The van der Waals surface area contributed by atoms with Gasteiger partial charge in [-0.05, 0) is 29.8 Å². The topological polar surface area (TPSA) is 76.3 Å². The number of carbonyl (C=O) groups excluding carboxylic acids is 1. The second-order valence-corrected chi connectivity index (χ2v) is 5.83. The number of nitrogens with one attached hydrogen (secondary N) is 2. The summed E-state index contributed by atoms with van der Waals surface area (Å²) >= 11 is 0. The summed E-state index contributed by atoms with van der Waals surface area (Å²) in [5.41, 5.74) is 2.75. The molecule has 0 bridgehead atoms. The number of carbonyl (C=O) groups is 1. The standard InChI is InChI=1S/C19H17N3O3/c20-9-14-2-1-3-16-15(14)6-7-22(16)11-19(23)21-10-13-4-5-17-18(8-13)25-12-24-17/h1-9,20H,10-12H2,(H,21,23). The van der Waals surface area contributed by atoms with Crippen LogP contribution in [0, 0.1) is 5.41 Å². The third kappa shape index (κ3) is 2.94. The maximum atomic E-state index is 12.3. The third-order valence-electron chi connectivity index (χ3n) is 4.24. The molecule has 2 heterocycles. The van der Waals surface area contributed by atoms with E-state index in [0.717, 1.165) is 27.8 Å². The number of ether oxygens (including phenoxy) is 2. The molecule has 6 heteroatoms. The van der Waals surface area contributed by atoms with Gasteiger partial charge < -0.3 is 24.8 Å². The van der Waals surface area contributed by atoms with Gasteiger partial charge in [0.05, 0.1) is 0 Å². The highest BCUT2D eigenvalue weighted by molar-refractivity contribution is 5.98. The van der Waals surface area contributed by atoms with Crippen LogP contribution < -0.4 is 14.8 Å². The minimum Gasteiger partial charge on any atom is -0.454 e. The highest BCUT2D eigenvalue weighted by atomic mass is 16.7. The number of amides is 1. The van der Waals surface area contributed by atoms with Crippen molar-refractivity contribution in [3.05, 3.63) is 59.8 Å². The molecule has 1 aliphatic rings. The van der Waals surface area contributed by atoms with E-state index in [0.29, 0.717) is 12.3 Å². The summed E-state index contributed by atoms with van der Waals surface area (Å²) in [4.78, 5) is 12.3. The van der Waals surface area contributed by atoms with Crippen molar-refractivity contribution in [2.75, 3.05) is 6.79 Å². The number of nitrogens with zero attached hydrogens (tertiary/aromatic N) is 1. The van der Waals surface area contributed by atoms with Crippen LogP contribution in [-0.2, 0) is 17.9 Å². The molecule has 1 aliphatic heterocycles. The Bertz CT molecular complexity index is 962. The van der Waals surface area contributed by atoms with Crippen LogP contribution in [0.4, 0.5) is 0 Å². The summed E-state index contributed by atoms with van der Waals surface area (Å²) in [5.74, 6) is 1.37. The molecule has 3 aromatic rings. The lowest BCUT2D eigenvalue weighted by Gasteiger charge is -2.08. The molecule has 4 rings (SSSR count). The maximum absolute atomic E-state index is 12.3. The van der Waals surface area contributed by atoms with Crippen LogP contribution in [0.3, 0.4) is 0 Å². The van der Waals surface area contributed by atoms with E-state index < -0.39 is 0 Å². The van der Waals surface area contributed by atoms with E-state index in [1.165, 1.54) is 6.21 Å². The molecule has 25 heavy (non-hydrogen) atoms. The summed E-state index contributed by atoms with van der Waals surface area (Å²) < 4.78 is 12.5. The first-order chi connectivity index (χ1) is 12.2. The Morgan fingerprint density at radius 2 is 2.08 bits per heavy atom. The van der Waals surface area contributed by atoms with Gasteiger partial charge in [-0.15, -0.1) is 0 Å². The summed E-state index contributed by atoms with van der Waals surface area (Å²) in [6.45, 7) is 0.902. The van der Waals surface area contributed by atoms with Gasteiger partial charge in [0.15, 0.2) is 11.5 Å². The van der Waals surface area contributed by atoms with Crippen molar-refractivity contribution in [2.24, 2.45) is 0 Å². The molecule has 2 N–H and O–H groups in total. The minimum atomic E-state index is -0.0737. The zero-order valence-corrected chi connectivity index (χ0v) is 13.5. The van der Waals surface area contributed by atoms with Crippen molar-refractivity contribution in [3.8, 4) is 11.5 Å². The van der Waals surface area contributed by atoms with E-state index in [2.05, 4.69) is 5.32 Å². The molecule has 0 atom stereocenters. The predicted octanol–water partition coefficient (Wildman–Crippen LogP) is 2.68. The van der Waals surface area contributed by atoms with Gasteiger partial charge in [-0.3, -0.25) is 4.79 Å². The highest BCUT2D eigenvalue weighted by Gasteiger charge is 2.13. The average Bonchev–Trinajstić information content (AvgIpc) is 3.26. The van der Waals surface area contributed by atoms with Gasteiger partial charge in [0, 0.05) is 35.4 Å². The van der Waals surface area contributed by atoms with E-state index in [-0.39, 0.29) is 19.2 Å². The summed E-state index contributed by atoms with van der Waals surface area (Å²) in [6, 6.07) is 13.3. The zero-order chi connectivity index (χ0) is 17.2. The molecule has 1 aromatic heterocycles. The Labute approximate surface area is 144 Å². The lowest BCUT2D eigenvalue weighted by molar-refractivity contribution is -0.121. The molecule has 126 valence electrons. The fraction of sp³-hybridized carbons (Fsp3) is 0.158. The van der Waals surface area contributed by atoms with Gasteiger partial charge in [0.25, 0.3) is 0 Å². The van der Waals surface area contributed by atoms with E-state index in [1.54, 1.807) is 0 Å². The van der Waals surface area contributed by atoms with Crippen LogP contribution in [-0.4, -0.2) is 23.5 Å². The molecule has 0 saturated heterocycles. The fourth-order valence-electron chi connectivity index (χ4n) is 2.97. The number of rotatable bonds is 5. The van der Waals surface area contributed by atoms with Gasteiger partial charge in [0.1, 0.15) is 6.54 Å². The van der Waals surface area contributed by atoms with Crippen LogP contribution in [0.1, 0.15) is 11.1 Å². The van der Waals surface area contributed by atoms with Crippen molar-refractivity contribution in [3.63, 3.8) is 0 Å². The Morgan fingerprint density at radius 1 is 1.20 bits per heavy atom. The van der Waals surface area contributed by atoms with Crippen LogP contribution in [0.15, 0.2) is 48.7 Å². The van der Waals surface area contributed by atoms with Crippen LogP contribution in [0.25, 0.3) is 10.9 Å². The van der Waals surface area contributed by atoms with Gasteiger partial charge in [-0.1, -0.05) is 18.2 Å². The van der Waals surface area contributed by atoms with Crippen molar-refractivity contribution in [2.45, 2.75) is 13.1 Å². The van der Waals surface area contributed by atoms with E-state index in [9.17, 15) is 4.79 Å². The largest absolute Gasteiger partial charge is 0.454 e. The van der Waals surface area contributed by atoms with Gasteiger partial charge in [0.2, 0.25) is 12.7 Å². The van der Waals surface area contributed by atoms with Crippen molar-refractivity contribution in [1.29, 1.82) is 5.41 Å². The monoisotopic (exact) mass is 335 g/mol. The molecular formula is C19H17N3O3. The number of benzene rings is 2. The van der Waals surface area contributed by atoms with E-state index >= 15 is 0 Å². The number of hydrogen-bond donors (Lipinski definition) is 2. The molecule has 0 unspecified atom stereocenters. The van der Waals surface area contributed by atoms with Crippen LogP contribution >= 0.6 is 0 Å². The zero-order valence-electron chi connectivity index (χ0n) is 13.5. The first-order valence-corrected chi connectivity index (χ1v) is 7.98. The minimum absolute atomic E-state index is 0.0737.